The lowest BCUT2D eigenvalue weighted by atomic mass is 10.0. The summed E-state index contributed by atoms with van der Waals surface area (Å²) in [6.07, 6.45) is 2.33. The van der Waals surface area contributed by atoms with Crippen LogP contribution in [0.15, 0.2) is 0 Å². The van der Waals surface area contributed by atoms with Gasteiger partial charge in [0.1, 0.15) is 5.78 Å². The fourth-order valence-corrected chi connectivity index (χ4v) is 0.956. The zero-order valence-corrected chi connectivity index (χ0v) is 8.59. The summed E-state index contributed by atoms with van der Waals surface area (Å²) in [5, 5.41) is 0. The predicted octanol–water partition coefficient (Wildman–Crippen LogP) is 2.42. The second-order valence-corrected chi connectivity index (χ2v) is 3.72. The second-order valence-electron chi connectivity index (χ2n) is 3.72. The van der Waals surface area contributed by atoms with Gasteiger partial charge in [0.2, 0.25) is 0 Å². The lowest BCUT2D eigenvalue weighted by Gasteiger charge is -2.08. The molecule has 0 bridgehead atoms. The lowest BCUT2D eigenvalue weighted by Crippen LogP contribution is -2.12. The minimum Gasteiger partial charge on any atom is -0.381 e. The number of rotatable bonds is 6. The van der Waals surface area contributed by atoms with E-state index in [1.807, 2.05) is 6.92 Å². The van der Waals surface area contributed by atoms with Gasteiger partial charge in [0.25, 0.3) is 0 Å². The number of ether oxygens (including phenoxy) is 1. The molecule has 0 rings (SSSR count). The maximum atomic E-state index is 11.2. The van der Waals surface area contributed by atoms with Crippen molar-refractivity contribution in [3.63, 3.8) is 0 Å². The third kappa shape index (κ3) is 6.35. The Balaban J connectivity index is 3.46. The molecule has 0 amide bonds. The first-order valence-electron chi connectivity index (χ1n) is 4.60. The molecule has 0 heterocycles. The lowest BCUT2D eigenvalue weighted by molar-refractivity contribution is -0.121. The predicted molar refractivity (Wildman–Crippen MR) is 50.2 cm³/mol. The quantitative estimate of drug-likeness (QED) is 0.615. The van der Waals surface area contributed by atoms with E-state index in [1.165, 1.54) is 0 Å². The SMILES string of the molecule is COC(C)CC(=O)CCC(C)C. The summed E-state index contributed by atoms with van der Waals surface area (Å²) in [7, 11) is 1.64. The van der Waals surface area contributed by atoms with Crippen molar-refractivity contribution < 1.29 is 9.53 Å². The number of carbonyl (C=O) groups excluding carboxylic acids is 1. The van der Waals surface area contributed by atoms with Crippen molar-refractivity contribution in [2.45, 2.75) is 46.1 Å². The van der Waals surface area contributed by atoms with E-state index in [9.17, 15) is 4.79 Å². The van der Waals surface area contributed by atoms with Crippen LogP contribution in [0.25, 0.3) is 0 Å². The van der Waals surface area contributed by atoms with Crippen LogP contribution in [-0.4, -0.2) is 19.0 Å². The molecule has 0 aliphatic carbocycles. The Morgan fingerprint density at radius 3 is 2.33 bits per heavy atom. The van der Waals surface area contributed by atoms with Crippen molar-refractivity contribution >= 4 is 5.78 Å². The molecule has 0 saturated carbocycles. The van der Waals surface area contributed by atoms with Gasteiger partial charge in [-0.1, -0.05) is 13.8 Å². The summed E-state index contributed by atoms with van der Waals surface area (Å²) in [6, 6.07) is 0. The molecular weight excluding hydrogens is 152 g/mol. The van der Waals surface area contributed by atoms with Crippen LogP contribution in [0.5, 0.6) is 0 Å². The van der Waals surface area contributed by atoms with Gasteiger partial charge in [0, 0.05) is 20.0 Å². The zero-order chi connectivity index (χ0) is 9.56. The van der Waals surface area contributed by atoms with Crippen LogP contribution in [0.4, 0.5) is 0 Å². The first-order valence-corrected chi connectivity index (χ1v) is 4.60. The Bertz CT molecular complexity index is 130. The highest BCUT2D eigenvalue weighted by Crippen LogP contribution is 2.07. The molecule has 12 heavy (non-hydrogen) atoms. The average Bonchev–Trinajstić information content (AvgIpc) is 2.00. The Morgan fingerprint density at radius 1 is 1.33 bits per heavy atom. The minimum absolute atomic E-state index is 0.0738. The molecule has 0 aromatic carbocycles. The van der Waals surface area contributed by atoms with Crippen molar-refractivity contribution in [1.82, 2.24) is 0 Å². The summed E-state index contributed by atoms with van der Waals surface area (Å²) in [4.78, 5) is 11.2. The Morgan fingerprint density at radius 2 is 1.92 bits per heavy atom. The highest BCUT2D eigenvalue weighted by Gasteiger charge is 2.08. The maximum Gasteiger partial charge on any atom is 0.135 e. The van der Waals surface area contributed by atoms with Gasteiger partial charge in [0.15, 0.2) is 0 Å². The largest absolute Gasteiger partial charge is 0.381 e. The third-order valence-electron chi connectivity index (χ3n) is 1.92. The van der Waals surface area contributed by atoms with Crippen molar-refractivity contribution in [3.8, 4) is 0 Å². The fraction of sp³-hybridized carbons (Fsp3) is 0.900. The number of hydrogen-bond acceptors (Lipinski definition) is 2. The van der Waals surface area contributed by atoms with E-state index in [0.717, 1.165) is 6.42 Å². The molecule has 2 heteroatoms. The maximum absolute atomic E-state index is 11.2. The van der Waals surface area contributed by atoms with Crippen LogP contribution in [0.1, 0.15) is 40.0 Å². The van der Waals surface area contributed by atoms with Crippen LogP contribution >= 0.6 is 0 Å². The van der Waals surface area contributed by atoms with Gasteiger partial charge in [0.05, 0.1) is 6.10 Å². The van der Waals surface area contributed by atoms with E-state index in [-0.39, 0.29) is 6.10 Å². The van der Waals surface area contributed by atoms with Crippen molar-refractivity contribution in [1.29, 1.82) is 0 Å². The number of carbonyl (C=O) groups is 1. The molecule has 72 valence electrons. The topological polar surface area (TPSA) is 26.3 Å². The fourth-order valence-electron chi connectivity index (χ4n) is 0.956. The summed E-state index contributed by atoms with van der Waals surface area (Å²) in [5.41, 5.74) is 0. The van der Waals surface area contributed by atoms with Gasteiger partial charge in [-0.2, -0.15) is 0 Å². The van der Waals surface area contributed by atoms with Crippen LogP contribution in [0.2, 0.25) is 0 Å². The Kier molecular flexibility index (Phi) is 5.99. The van der Waals surface area contributed by atoms with E-state index < -0.39 is 0 Å². The van der Waals surface area contributed by atoms with Gasteiger partial charge in [-0.3, -0.25) is 4.79 Å². The van der Waals surface area contributed by atoms with Gasteiger partial charge in [-0.05, 0) is 19.3 Å². The standard InChI is InChI=1S/C10H20O2/c1-8(2)5-6-10(11)7-9(3)12-4/h8-9H,5-7H2,1-4H3. The van der Waals surface area contributed by atoms with Crippen LogP contribution in [0.3, 0.4) is 0 Å². The monoisotopic (exact) mass is 172 g/mol. The molecule has 0 radical (unpaired) electrons. The Hall–Kier alpha value is -0.370. The molecular formula is C10H20O2. The van der Waals surface area contributed by atoms with Crippen LogP contribution in [-0.2, 0) is 9.53 Å². The molecule has 0 saturated heterocycles. The average molecular weight is 172 g/mol. The van der Waals surface area contributed by atoms with E-state index in [2.05, 4.69) is 13.8 Å². The highest BCUT2D eigenvalue weighted by atomic mass is 16.5. The molecule has 1 unspecified atom stereocenters. The van der Waals surface area contributed by atoms with Gasteiger partial charge in [-0.25, -0.2) is 0 Å². The smallest absolute Gasteiger partial charge is 0.135 e. The van der Waals surface area contributed by atoms with Crippen LogP contribution < -0.4 is 0 Å². The number of Topliss-reactive ketones (excluding diaryl/α,β-unsaturated/α-hetero) is 1. The molecule has 0 N–H and O–H groups in total. The first-order chi connectivity index (χ1) is 5.56. The van der Waals surface area contributed by atoms with Crippen molar-refractivity contribution in [3.05, 3.63) is 0 Å². The minimum atomic E-state index is 0.0738. The number of ketones is 1. The van der Waals surface area contributed by atoms with E-state index >= 15 is 0 Å². The normalized spacial score (nSPS) is 13.4. The summed E-state index contributed by atoms with van der Waals surface area (Å²) in [6.45, 7) is 6.19. The molecule has 0 spiro atoms. The van der Waals surface area contributed by atoms with E-state index in [0.29, 0.717) is 24.5 Å². The molecule has 0 aromatic heterocycles. The molecule has 0 aromatic rings. The van der Waals surface area contributed by atoms with Crippen molar-refractivity contribution in [2.75, 3.05) is 7.11 Å². The number of hydrogen-bond donors (Lipinski definition) is 0. The molecule has 0 fully saturated rings. The van der Waals surface area contributed by atoms with E-state index in [1.54, 1.807) is 7.11 Å². The Labute approximate surface area is 75.3 Å². The first kappa shape index (κ1) is 11.6. The van der Waals surface area contributed by atoms with E-state index in [4.69, 9.17) is 4.74 Å². The second kappa shape index (κ2) is 6.18. The zero-order valence-electron chi connectivity index (χ0n) is 8.59. The summed E-state index contributed by atoms with van der Waals surface area (Å²) in [5.74, 6) is 0.935. The molecule has 0 aliphatic heterocycles. The number of methoxy groups -OCH3 is 1. The molecule has 1 atom stereocenters. The highest BCUT2D eigenvalue weighted by molar-refractivity contribution is 5.78. The molecule has 2 nitrogen and oxygen atoms in total. The summed E-state index contributed by atoms with van der Waals surface area (Å²) >= 11 is 0. The summed E-state index contributed by atoms with van der Waals surface area (Å²) < 4.78 is 5.01. The van der Waals surface area contributed by atoms with Crippen LogP contribution in [0, 0.1) is 5.92 Å². The van der Waals surface area contributed by atoms with Gasteiger partial charge < -0.3 is 4.74 Å². The van der Waals surface area contributed by atoms with Crippen molar-refractivity contribution in [2.24, 2.45) is 5.92 Å². The van der Waals surface area contributed by atoms with Gasteiger partial charge in [-0.15, -0.1) is 0 Å². The van der Waals surface area contributed by atoms with Gasteiger partial charge >= 0.3 is 0 Å². The third-order valence-corrected chi connectivity index (χ3v) is 1.92. The molecule has 0 aliphatic rings.